The third-order valence-electron chi connectivity index (χ3n) is 1.91. The molecule has 1 N–H and O–H groups in total. The molecular weight excluding hydrogens is 190 g/mol. The Hall–Kier alpha value is -1.16. The lowest BCUT2D eigenvalue weighted by Gasteiger charge is -2.21. The van der Waals surface area contributed by atoms with Gasteiger partial charge in [0.15, 0.2) is 11.6 Å². The van der Waals surface area contributed by atoms with E-state index >= 15 is 0 Å². The summed E-state index contributed by atoms with van der Waals surface area (Å²) in [4.78, 5) is 0. The van der Waals surface area contributed by atoms with Crippen LogP contribution in [0.1, 0.15) is 19.4 Å². The summed E-state index contributed by atoms with van der Waals surface area (Å²) in [5.41, 5.74) is -1.04. The Labute approximate surface area is 81.1 Å². The number of hydrogen-bond donors (Lipinski definition) is 1. The highest BCUT2D eigenvalue weighted by Gasteiger charge is 2.24. The Morgan fingerprint density at radius 2 is 1.86 bits per heavy atom. The summed E-state index contributed by atoms with van der Waals surface area (Å²) < 4.78 is 30.7. The van der Waals surface area contributed by atoms with E-state index in [2.05, 4.69) is 0 Å². The quantitative estimate of drug-likeness (QED) is 0.796. The molecule has 0 atom stereocenters. The largest absolute Gasteiger partial charge is 0.493 e. The van der Waals surface area contributed by atoms with E-state index in [0.717, 1.165) is 6.07 Å². The summed E-state index contributed by atoms with van der Waals surface area (Å²) in [6.07, 6.45) is 0. The first-order valence-corrected chi connectivity index (χ1v) is 4.12. The lowest BCUT2D eigenvalue weighted by molar-refractivity contribution is 0.0747. The van der Waals surface area contributed by atoms with Gasteiger partial charge in [0.2, 0.25) is 5.82 Å². The van der Waals surface area contributed by atoms with Crippen molar-refractivity contribution >= 4 is 0 Å². The van der Waals surface area contributed by atoms with Gasteiger partial charge < -0.3 is 9.84 Å². The molecule has 0 radical (unpaired) electrons. The van der Waals surface area contributed by atoms with E-state index in [0.29, 0.717) is 0 Å². The number of aliphatic hydroxyl groups is 1. The predicted octanol–water partition coefficient (Wildman–Crippen LogP) is 2.20. The zero-order valence-corrected chi connectivity index (χ0v) is 8.27. The van der Waals surface area contributed by atoms with Crippen LogP contribution in [0.25, 0.3) is 0 Å². The summed E-state index contributed by atoms with van der Waals surface area (Å²) in [7, 11) is 1.23. The van der Waals surface area contributed by atoms with Crippen LogP contribution < -0.4 is 4.74 Å². The summed E-state index contributed by atoms with van der Waals surface area (Å²) in [6, 6.07) is 2.27. The van der Waals surface area contributed by atoms with Gasteiger partial charge in [-0.05, 0) is 26.0 Å². The molecule has 0 aliphatic rings. The average Bonchev–Trinajstić information content (AvgIpc) is 2.07. The Kier molecular flexibility index (Phi) is 2.76. The molecule has 0 saturated heterocycles. The number of halogens is 2. The molecule has 0 fully saturated rings. The minimum atomic E-state index is -1.26. The Bertz CT molecular complexity index is 343. The normalized spacial score (nSPS) is 11.6. The highest BCUT2D eigenvalue weighted by Crippen LogP contribution is 2.32. The van der Waals surface area contributed by atoms with E-state index in [9.17, 15) is 13.9 Å². The standard InChI is InChI=1S/C10H12F2O2/c1-10(2,13)6-4-5-7(11)8(12)9(6)14-3/h4-5,13H,1-3H3. The summed E-state index contributed by atoms with van der Waals surface area (Å²) in [6.45, 7) is 2.95. The molecule has 0 saturated carbocycles. The van der Waals surface area contributed by atoms with Crippen LogP contribution in [0.3, 0.4) is 0 Å². The van der Waals surface area contributed by atoms with Gasteiger partial charge in [0.05, 0.1) is 12.7 Å². The van der Waals surface area contributed by atoms with E-state index in [4.69, 9.17) is 4.74 Å². The van der Waals surface area contributed by atoms with Crippen LogP contribution in [-0.4, -0.2) is 12.2 Å². The van der Waals surface area contributed by atoms with Crippen LogP contribution in [0.4, 0.5) is 8.78 Å². The van der Waals surface area contributed by atoms with Gasteiger partial charge in [0, 0.05) is 5.56 Å². The maximum absolute atomic E-state index is 13.2. The minimum absolute atomic E-state index is 0.221. The molecule has 1 rings (SSSR count). The third-order valence-corrected chi connectivity index (χ3v) is 1.91. The van der Waals surface area contributed by atoms with Crippen LogP contribution in [-0.2, 0) is 5.60 Å². The van der Waals surface area contributed by atoms with Crippen molar-refractivity contribution in [3.8, 4) is 5.75 Å². The van der Waals surface area contributed by atoms with Crippen molar-refractivity contribution in [3.63, 3.8) is 0 Å². The zero-order valence-electron chi connectivity index (χ0n) is 8.27. The van der Waals surface area contributed by atoms with Gasteiger partial charge in [-0.15, -0.1) is 0 Å². The molecule has 2 nitrogen and oxygen atoms in total. The fraction of sp³-hybridized carbons (Fsp3) is 0.400. The van der Waals surface area contributed by atoms with Gasteiger partial charge in [-0.3, -0.25) is 0 Å². The van der Waals surface area contributed by atoms with Crippen molar-refractivity contribution in [3.05, 3.63) is 29.3 Å². The molecule has 0 amide bonds. The lowest BCUT2D eigenvalue weighted by Crippen LogP contribution is -2.17. The van der Waals surface area contributed by atoms with Gasteiger partial charge in [-0.25, -0.2) is 4.39 Å². The van der Waals surface area contributed by atoms with E-state index in [1.54, 1.807) is 0 Å². The van der Waals surface area contributed by atoms with Crippen LogP contribution in [0.5, 0.6) is 5.75 Å². The first-order valence-electron chi connectivity index (χ1n) is 4.12. The molecule has 1 aromatic rings. The van der Waals surface area contributed by atoms with Gasteiger partial charge in [0.1, 0.15) is 0 Å². The smallest absolute Gasteiger partial charge is 0.200 e. The monoisotopic (exact) mass is 202 g/mol. The number of rotatable bonds is 2. The first kappa shape index (κ1) is 10.9. The fourth-order valence-electron chi connectivity index (χ4n) is 1.21. The summed E-state index contributed by atoms with van der Waals surface area (Å²) in [5.74, 6) is -2.32. The van der Waals surface area contributed by atoms with Crippen LogP contribution in [0.15, 0.2) is 12.1 Å². The highest BCUT2D eigenvalue weighted by molar-refractivity contribution is 5.39. The van der Waals surface area contributed by atoms with E-state index in [-0.39, 0.29) is 11.3 Å². The first-order chi connectivity index (χ1) is 6.38. The van der Waals surface area contributed by atoms with Crippen molar-refractivity contribution in [2.24, 2.45) is 0 Å². The van der Waals surface area contributed by atoms with E-state index in [1.807, 2.05) is 0 Å². The zero-order chi connectivity index (χ0) is 10.9. The van der Waals surface area contributed by atoms with E-state index < -0.39 is 17.2 Å². The van der Waals surface area contributed by atoms with Gasteiger partial charge in [-0.2, -0.15) is 4.39 Å². The lowest BCUT2D eigenvalue weighted by atomic mass is 9.97. The molecule has 1 aromatic carbocycles. The van der Waals surface area contributed by atoms with Crippen LogP contribution in [0, 0.1) is 11.6 Å². The maximum atomic E-state index is 13.2. The Morgan fingerprint density at radius 3 is 2.29 bits per heavy atom. The molecular formula is C10H12F2O2. The second-order valence-electron chi connectivity index (χ2n) is 3.50. The second kappa shape index (κ2) is 3.53. The topological polar surface area (TPSA) is 29.5 Å². The Morgan fingerprint density at radius 1 is 1.29 bits per heavy atom. The van der Waals surface area contributed by atoms with E-state index in [1.165, 1.54) is 27.0 Å². The molecule has 4 heteroatoms. The number of benzene rings is 1. The average molecular weight is 202 g/mol. The molecule has 0 aromatic heterocycles. The molecule has 78 valence electrons. The molecule has 0 bridgehead atoms. The molecule has 0 heterocycles. The fourth-order valence-corrected chi connectivity index (χ4v) is 1.21. The molecule has 0 spiro atoms. The third kappa shape index (κ3) is 1.85. The van der Waals surface area contributed by atoms with Crippen molar-refractivity contribution in [1.82, 2.24) is 0 Å². The molecule has 0 unspecified atom stereocenters. The van der Waals surface area contributed by atoms with Gasteiger partial charge in [-0.1, -0.05) is 0 Å². The SMILES string of the molecule is COc1c(C(C)(C)O)ccc(F)c1F. The van der Waals surface area contributed by atoms with Crippen molar-refractivity contribution in [2.75, 3.05) is 7.11 Å². The molecule has 0 aliphatic carbocycles. The van der Waals surface area contributed by atoms with Crippen molar-refractivity contribution < 1.29 is 18.6 Å². The van der Waals surface area contributed by atoms with Crippen molar-refractivity contribution in [2.45, 2.75) is 19.4 Å². The maximum Gasteiger partial charge on any atom is 0.200 e. The number of methoxy groups -OCH3 is 1. The van der Waals surface area contributed by atoms with Crippen LogP contribution in [0.2, 0.25) is 0 Å². The molecule has 0 aliphatic heterocycles. The number of hydrogen-bond acceptors (Lipinski definition) is 2. The van der Waals surface area contributed by atoms with Gasteiger partial charge in [0.25, 0.3) is 0 Å². The summed E-state index contributed by atoms with van der Waals surface area (Å²) >= 11 is 0. The van der Waals surface area contributed by atoms with Crippen molar-refractivity contribution in [1.29, 1.82) is 0 Å². The highest BCUT2D eigenvalue weighted by atomic mass is 19.2. The van der Waals surface area contributed by atoms with Crippen LogP contribution >= 0.6 is 0 Å². The Balaban J connectivity index is 3.39. The minimum Gasteiger partial charge on any atom is -0.493 e. The van der Waals surface area contributed by atoms with Gasteiger partial charge >= 0.3 is 0 Å². The molecule has 14 heavy (non-hydrogen) atoms. The number of ether oxygens (including phenoxy) is 1. The predicted molar refractivity (Wildman–Crippen MR) is 48.2 cm³/mol. The summed E-state index contributed by atoms with van der Waals surface area (Å²) in [5, 5.41) is 9.65. The second-order valence-corrected chi connectivity index (χ2v) is 3.50.